The van der Waals surface area contributed by atoms with Gasteiger partial charge in [0.25, 0.3) is 0 Å². The van der Waals surface area contributed by atoms with Crippen LogP contribution in [0, 0.1) is 0 Å². The number of carbonyl (C=O) groups excluding carboxylic acids is 1. The molecule has 0 aliphatic rings. The van der Waals surface area contributed by atoms with Crippen molar-refractivity contribution in [2.24, 2.45) is 0 Å². The number of aromatic nitrogens is 1. The van der Waals surface area contributed by atoms with Crippen molar-refractivity contribution in [3.63, 3.8) is 0 Å². The van der Waals surface area contributed by atoms with E-state index >= 15 is 0 Å². The number of pyridine rings is 1. The van der Waals surface area contributed by atoms with Crippen LogP contribution in [0.25, 0.3) is 0 Å². The summed E-state index contributed by atoms with van der Waals surface area (Å²) in [5.74, 6) is 0. The Morgan fingerprint density at radius 2 is 2.42 bits per heavy atom. The lowest BCUT2D eigenvalue weighted by molar-refractivity contribution is 0.254. The van der Waals surface area contributed by atoms with Crippen LogP contribution in [0.2, 0.25) is 0 Å². The average Bonchev–Trinajstić information content (AvgIpc) is 2.09. The number of carbonyl (C=O) groups is 1. The number of hydrogen-bond acceptors (Lipinski definition) is 3. The number of nitrogen functional groups attached to an aromatic ring is 1. The minimum absolute atomic E-state index is 0.298. The highest BCUT2D eigenvalue weighted by molar-refractivity contribution is 5.92. The Hall–Kier alpha value is -1.78. The van der Waals surface area contributed by atoms with E-state index in [0.717, 1.165) is 0 Å². The molecule has 0 saturated carbocycles. The Bertz CT molecular complexity index is 286. The van der Waals surface area contributed by atoms with Crippen LogP contribution in [-0.2, 0) is 0 Å². The van der Waals surface area contributed by atoms with Gasteiger partial charge in [0.05, 0.1) is 17.6 Å². The zero-order valence-electron chi connectivity index (χ0n) is 6.66. The monoisotopic (exact) mass is 166 g/mol. The van der Waals surface area contributed by atoms with Gasteiger partial charge in [-0.3, -0.25) is 4.98 Å². The van der Waals surface area contributed by atoms with E-state index in [1.807, 2.05) is 0 Å². The van der Waals surface area contributed by atoms with E-state index in [4.69, 9.17) is 5.73 Å². The molecule has 1 heterocycles. The largest absolute Gasteiger partial charge is 0.396 e. The lowest BCUT2D eigenvalue weighted by atomic mass is 10.3. The Balaban J connectivity index is 2.75. The molecule has 2 amide bonds. The highest BCUT2D eigenvalue weighted by Gasteiger charge is 2.00. The van der Waals surface area contributed by atoms with Crippen LogP contribution in [-0.4, -0.2) is 18.1 Å². The molecule has 0 aliphatic carbocycles. The first-order valence-electron chi connectivity index (χ1n) is 3.42. The van der Waals surface area contributed by atoms with Crippen LogP contribution in [0.5, 0.6) is 0 Å². The van der Waals surface area contributed by atoms with Crippen molar-refractivity contribution in [3.8, 4) is 0 Å². The number of nitrogens with two attached hydrogens (primary N) is 1. The second-order valence-electron chi connectivity index (χ2n) is 2.17. The first-order valence-corrected chi connectivity index (χ1v) is 3.42. The van der Waals surface area contributed by atoms with Crippen LogP contribution in [0.1, 0.15) is 0 Å². The third-order valence-corrected chi connectivity index (χ3v) is 1.33. The second-order valence-corrected chi connectivity index (χ2v) is 2.17. The van der Waals surface area contributed by atoms with Crippen molar-refractivity contribution in [2.75, 3.05) is 18.1 Å². The predicted molar refractivity (Wildman–Crippen MR) is 46.7 cm³/mol. The van der Waals surface area contributed by atoms with Gasteiger partial charge in [-0.15, -0.1) is 0 Å². The molecule has 12 heavy (non-hydrogen) atoms. The minimum Gasteiger partial charge on any atom is -0.396 e. The molecule has 0 atom stereocenters. The summed E-state index contributed by atoms with van der Waals surface area (Å²) in [7, 11) is 1.53. The van der Waals surface area contributed by atoms with E-state index in [0.29, 0.717) is 11.4 Å². The highest BCUT2D eigenvalue weighted by atomic mass is 16.2. The number of hydrogen-bond donors (Lipinski definition) is 3. The van der Waals surface area contributed by atoms with Crippen LogP contribution in [0.15, 0.2) is 18.5 Å². The molecule has 0 fully saturated rings. The summed E-state index contributed by atoms with van der Waals surface area (Å²) < 4.78 is 0. The van der Waals surface area contributed by atoms with Crippen molar-refractivity contribution in [2.45, 2.75) is 0 Å². The van der Waals surface area contributed by atoms with E-state index < -0.39 is 0 Å². The van der Waals surface area contributed by atoms with Gasteiger partial charge in [-0.1, -0.05) is 0 Å². The molecule has 5 heteroatoms. The van der Waals surface area contributed by atoms with E-state index in [1.54, 1.807) is 12.3 Å². The molecule has 1 aromatic heterocycles. The fourth-order valence-electron chi connectivity index (χ4n) is 0.705. The molecule has 0 aromatic carbocycles. The van der Waals surface area contributed by atoms with Gasteiger partial charge in [0.2, 0.25) is 0 Å². The normalized spacial score (nSPS) is 9.08. The zero-order chi connectivity index (χ0) is 8.97. The first kappa shape index (κ1) is 8.32. The number of amides is 2. The molecular formula is C7H10N4O. The molecule has 5 nitrogen and oxygen atoms in total. The predicted octanol–water partition coefficient (Wildman–Crippen LogP) is 0.415. The van der Waals surface area contributed by atoms with Crippen LogP contribution in [0.4, 0.5) is 16.2 Å². The van der Waals surface area contributed by atoms with Gasteiger partial charge in [-0.2, -0.15) is 0 Å². The summed E-state index contributed by atoms with van der Waals surface area (Å²) in [6, 6.07) is 1.33. The first-order chi connectivity index (χ1) is 5.74. The van der Waals surface area contributed by atoms with Gasteiger partial charge < -0.3 is 16.4 Å². The number of nitrogens with one attached hydrogen (secondary N) is 2. The topological polar surface area (TPSA) is 80.0 Å². The lowest BCUT2D eigenvalue weighted by Gasteiger charge is -2.05. The van der Waals surface area contributed by atoms with Gasteiger partial charge in [-0.05, 0) is 6.07 Å². The standard InChI is InChI=1S/C7H10N4O/c1-9-7(12)11-6-2-3-10-4-5(6)8/h2-4H,8H2,1H3,(H2,9,10,11,12). The third kappa shape index (κ3) is 1.85. The minimum atomic E-state index is -0.298. The number of urea groups is 1. The van der Waals surface area contributed by atoms with Crippen molar-refractivity contribution in [3.05, 3.63) is 18.5 Å². The zero-order valence-corrected chi connectivity index (χ0v) is 6.66. The van der Waals surface area contributed by atoms with Gasteiger partial charge in [0, 0.05) is 13.2 Å². The Morgan fingerprint density at radius 1 is 1.67 bits per heavy atom. The van der Waals surface area contributed by atoms with E-state index in [1.165, 1.54) is 13.2 Å². The molecule has 0 unspecified atom stereocenters. The third-order valence-electron chi connectivity index (χ3n) is 1.33. The van der Waals surface area contributed by atoms with E-state index in [2.05, 4.69) is 15.6 Å². The summed E-state index contributed by atoms with van der Waals surface area (Å²) in [5.41, 5.74) is 6.52. The second kappa shape index (κ2) is 3.56. The Morgan fingerprint density at radius 3 is 3.00 bits per heavy atom. The maximum atomic E-state index is 10.8. The smallest absolute Gasteiger partial charge is 0.319 e. The maximum Gasteiger partial charge on any atom is 0.319 e. The molecule has 0 radical (unpaired) electrons. The lowest BCUT2D eigenvalue weighted by Crippen LogP contribution is -2.24. The maximum absolute atomic E-state index is 10.8. The molecule has 0 saturated heterocycles. The highest BCUT2D eigenvalue weighted by Crippen LogP contribution is 2.14. The van der Waals surface area contributed by atoms with E-state index in [-0.39, 0.29) is 6.03 Å². The molecule has 1 aromatic rings. The van der Waals surface area contributed by atoms with Crippen LogP contribution < -0.4 is 16.4 Å². The van der Waals surface area contributed by atoms with Gasteiger partial charge in [0.1, 0.15) is 0 Å². The van der Waals surface area contributed by atoms with Crippen molar-refractivity contribution in [1.29, 1.82) is 0 Å². The summed E-state index contributed by atoms with van der Waals surface area (Å²) in [6.45, 7) is 0. The van der Waals surface area contributed by atoms with E-state index in [9.17, 15) is 4.79 Å². The Labute approximate surface area is 70.0 Å². The van der Waals surface area contributed by atoms with Gasteiger partial charge in [-0.25, -0.2) is 4.79 Å². The van der Waals surface area contributed by atoms with Crippen LogP contribution >= 0.6 is 0 Å². The van der Waals surface area contributed by atoms with Crippen molar-refractivity contribution >= 4 is 17.4 Å². The molecule has 4 N–H and O–H groups in total. The number of anilines is 2. The number of rotatable bonds is 1. The van der Waals surface area contributed by atoms with Crippen molar-refractivity contribution < 1.29 is 4.79 Å². The number of nitrogens with zero attached hydrogens (tertiary/aromatic N) is 1. The fourth-order valence-corrected chi connectivity index (χ4v) is 0.705. The van der Waals surface area contributed by atoms with Gasteiger partial charge in [0.15, 0.2) is 0 Å². The molecular weight excluding hydrogens is 156 g/mol. The molecule has 1 rings (SSSR count). The summed E-state index contributed by atoms with van der Waals surface area (Å²) in [4.78, 5) is 14.6. The molecule has 64 valence electrons. The average molecular weight is 166 g/mol. The summed E-state index contributed by atoms with van der Waals surface area (Å²) >= 11 is 0. The Kier molecular flexibility index (Phi) is 2.47. The summed E-state index contributed by atoms with van der Waals surface area (Å²) in [6.07, 6.45) is 3.03. The fraction of sp³-hybridized carbons (Fsp3) is 0.143. The quantitative estimate of drug-likeness (QED) is 0.565. The van der Waals surface area contributed by atoms with Gasteiger partial charge >= 0.3 is 6.03 Å². The molecule has 0 aliphatic heterocycles. The molecule has 0 spiro atoms. The summed E-state index contributed by atoms with van der Waals surface area (Å²) in [5, 5.41) is 4.96. The van der Waals surface area contributed by atoms with Crippen LogP contribution in [0.3, 0.4) is 0 Å². The molecule has 0 bridgehead atoms. The van der Waals surface area contributed by atoms with Crippen molar-refractivity contribution in [1.82, 2.24) is 10.3 Å². The SMILES string of the molecule is CNC(=O)Nc1ccncc1N.